The molecule has 1 aliphatic heterocycles. The first kappa shape index (κ1) is 23.0. The van der Waals surface area contributed by atoms with Gasteiger partial charge in [-0.2, -0.15) is 0 Å². The van der Waals surface area contributed by atoms with Gasteiger partial charge in [-0.25, -0.2) is 4.79 Å². The Bertz CT molecular complexity index is 1190. The average Bonchev–Trinajstić information content (AvgIpc) is 3.19. The van der Waals surface area contributed by atoms with Gasteiger partial charge in [0.1, 0.15) is 5.75 Å². The van der Waals surface area contributed by atoms with E-state index in [4.69, 9.17) is 9.47 Å². The molecule has 0 fully saturated rings. The Morgan fingerprint density at radius 2 is 1.71 bits per heavy atom. The highest BCUT2D eigenvalue weighted by Gasteiger charge is 2.34. The number of carbonyl (C=O) groups is 3. The molecule has 0 saturated carbocycles. The second kappa shape index (κ2) is 10.2. The van der Waals surface area contributed by atoms with Gasteiger partial charge in [0.15, 0.2) is 0 Å². The van der Waals surface area contributed by atoms with Crippen molar-refractivity contribution in [2.24, 2.45) is 0 Å². The molecule has 7 nitrogen and oxygen atoms in total. The van der Waals surface area contributed by atoms with E-state index in [9.17, 15) is 14.4 Å². The molecular formula is C27H26N2O5. The number of hydrogen-bond acceptors (Lipinski definition) is 5. The lowest BCUT2D eigenvalue weighted by molar-refractivity contribution is -0.117. The van der Waals surface area contributed by atoms with E-state index >= 15 is 0 Å². The Labute approximate surface area is 198 Å². The third-order valence-corrected chi connectivity index (χ3v) is 5.78. The number of methoxy groups -OCH3 is 1. The lowest BCUT2D eigenvalue weighted by Gasteiger charge is -2.28. The Morgan fingerprint density at radius 3 is 2.35 bits per heavy atom. The van der Waals surface area contributed by atoms with Gasteiger partial charge in [0.2, 0.25) is 5.91 Å². The van der Waals surface area contributed by atoms with E-state index in [1.165, 1.54) is 0 Å². The Balaban J connectivity index is 1.53. The molecule has 0 saturated heterocycles. The second-order valence-electron chi connectivity index (χ2n) is 7.93. The van der Waals surface area contributed by atoms with Crippen LogP contribution in [-0.4, -0.2) is 36.4 Å². The molecule has 1 aliphatic rings. The Kier molecular flexibility index (Phi) is 6.92. The third-order valence-electron chi connectivity index (χ3n) is 5.78. The maximum atomic E-state index is 13.2. The number of fused-ring (bicyclic) bond motifs is 1. The molecule has 1 N–H and O–H groups in total. The highest BCUT2D eigenvalue weighted by molar-refractivity contribution is 5.99. The number of hydrogen-bond donors (Lipinski definition) is 1. The lowest BCUT2D eigenvalue weighted by atomic mass is 10.0. The highest BCUT2D eigenvalue weighted by atomic mass is 16.5. The number of amides is 2. The van der Waals surface area contributed by atoms with Crippen LogP contribution in [0.25, 0.3) is 0 Å². The van der Waals surface area contributed by atoms with Crippen molar-refractivity contribution < 1.29 is 23.9 Å². The maximum Gasteiger partial charge on any atom is 0.338 e. The van der Waals surface area contributed by atoms with Crippen molar-refractivity contribution in [1.82, 2.24) is 4.90 Å². The molecule has 0 radical (unpaired) electrons. The number of esters is 1. The number of nitrogens with zero attached hydrogens (tertiary/aromatic N) is 1. The summed E-state index contributed by atoms with van der Waals surface area (Å²) >= 11 is 0. The molecule has 3 aromatic rings. The fraction of sp³-hybridized carbons (Fsp3) is 0.222. The molecule has 0 aromatic heterocycles. The molecule has 4 rings (SSSR count). The van der Waals surface area contributed by atoms with Gasteiger partial charge >= 0.3 is 5.97 Å². The largest absolute Gasteiger partial charge is 0.497 e. The summed E-state index contributed by atoms with van der Waals surface area (Å²) in [5.41, 5.74) is 3.42. The molecule has 1 heterocycles. The molecule has 2 amide bonds. The van der Waals surface area contributed by atoms with E-state index in [0.717, 1.165) is 11.1 Å². The van der Waals surface area contributed by atoms with Crippen LogP contribution >= 0.6 is 0 Å². The van der Waals surface area contributed by atoms with Crippen LogP contribution in [0.2, 0.25) is 0 Å². The molecule has 0 unspecified atom stereocenters. The standard InChI is InChI=1S/C27H26N2O5/c1-3-34-27(32)19-8-12-21(13-9-19)28-25(30)16-24(18-10-14-22(33-2)15-11-18)29-17-20-6-4-5-7-23(20)26(29)31/h4-15,24H,3,16-17H2,1-2H3,(H,28,30)/t24-/m0/s1. The van der Waals surface area contributed by atoms with Gasteiger partial charge in [0.05, 0.1) is 31.7 Å². The monoisotopic (exact) mass is 458 g/mol. The summed E-state index contributed by atoms with van der Waals surface area (Å²) in [5.74, 6) is -0.0480. The zero-order chi connectivity index (χ0) is 24.1. The van der Waals surface area contributed by atoms with Crippen LogP contribution in [0.3, 0.4) is 0 Å². The van der Waals surface area contributed by atoms with Gasteiger partial charge < -0.3 is 19.7 Å². The number of rotatable bonds is 8. The first-order valence-corrected chi connectivity index (χ1v) is 11.1. The Hall–Kier alpha value is -4.13. The van der Waals surface area contributed by atoms with Crippen LogP contribution in [-0.2, 0) is 16.1 Å². The summed E-state index contributed by atoms with van der Waals surface area (Å²) in [6.07, 6.45) is 0.0751. The van der Waals surface area contributed by atoms with E-state index in [0.29, 0.717) is 35.7 Å². The second-order valence-corrected chi connectivity index (χ2v) is 7.93. The highest BCUT2D eigenvalue weighted by Crippen LogP contribution is 2.34. The van der Waals surface area contributed by atoms with Crippen molar-refractivity contribution in [2.45, 2.75) is 25.9 Å². The zero-order valence-electron chi connectivity index (χ0n) is 19.1. The van der Waals surface area contributed by atoms with Crippen molar-refractivity contribution in [1.29, 1.82) is 0 Å². The van der Waals surface area contributed by atoms with Crippen molar-refractivity contribution in [3.8, 4) is 5.75 Å². The van der Waals surface area contributed by atoms with E-state index < -0.39 is 12.0 Å². The van der Waals surface area contributed by atoms with Crippen LogP contribution in [0.4, 0.5) is 5.69 Å². The smallest absolute Gasteiger partial charge is 0.338 e. The minimum atomic E-state index is -0.454. The Morgan fingerprint density at radius 1 is 1.00 bits per heavy atom. The molecule has 34 heavy (non-hydrogen) atoms. The molecule has 0 aliphatic carbocycles. The number of anilines is 1. The first-order chi connectivity index (χ1) is 16.5. The van der Waals surface area contributed by atoms with E-state index in [2.05, 4.69) is 5.32 Å². The van der Waals surface area contributed by atoms with E-state index in [-0.39, 0.29) is 18.2 Å². The minimum Gasteiger partial charge on any atom is -0.497 e. The van der Waals surface area contributed by atoms with Gasteiger partial charge in [-0.3, -0.25) is 9.59 Å². The number of benzene rings is 3. The fourth-order valence-electron chi connectivity index (χ4n) is 4.05. The number of carbonyl (C=O) groups excluding carboxylic acids is 3. The van der Waals surface area contributed by atoms with Crippen molar-refractivity contribution >= 4 is 23.5 Å². The van der Waals surface area contributed by atoms with Crippen LogP contribution in [0, 0.1) is 0 Å². The lowest BCUT2D eigenvalue weighted by Crippen LogP contribution is -2.32. The van der Waals surface area contributed by atoms with Crippen LogP contribution in [0.5, 0.6) is 5.75 Å². The van der Waals surface area contributed by atoms with Crippen LogP contribution in [0.15, 0.2) is 72.8 Å². The number of nitrogens with one attached hydrogen (secondary N) is 1. The SMILES string of the molecule is CCOC(=O)c1ccc(NC(=O)C[C@@H](c2ccc(OC)cc2)N2Cc3ccccc3C2=O)cc1. The topological polar surface area (TPSA) is 84.9 Å². The fourth-order valence-corrected chi connectivity index (χ4v) is 4.05. The summed E-state index contributed by atoms with van der Waals surface area (Å²) in [7, 11) is 1.59. The van der Waals surface area contributed by atoms with Gasteiger partial charge in [0.25, 0.3) is 5.91 Å². The summed E-state index contributed by atoms with van der Waals surface area (Å²) < 4.78 is 10.2. The molecule has 7 heteroatoms. The van der Waals surface area contributed by atoms with Gasteiger partial charge in [0, 0.05) is 17.8 Å². The maximum absolute atomic E-state index is 13.2. The summed E-state index contributed by atoms with van der Waals surface area (Å²) in [4.78, 5) is 39.7. The molecular weight excluding hydrogens is 432 g/mol. The average molecular weight is 459 g/mol. The van der Waals surface area contributed by atoms with Crippen molar-refractivity contribution in [2.75, 3.05) is 19.0 Å². The molecule has 3 aromatic carbocycles. The van der Waals surface area contributed by atoms with E-state index in [1.807, 2.05) is 48.5 Å². The van der Waals surface area contributed by atoms with Gasteiger partial charge in [-0.05, 0) is 60.5 Å². The van der Waals surface area contributed by atoms with Crippen molar-refractivity contribution in [3.05, 3.63) is 95.1 Å². The minimum absolute atomic E-state index is 0.0751. The molecule has 0 bridgehead atoms. The summed E-state index contributed by atoms with van der Waals surface area (Å²) in [6, 6.07) is 21.0. The van der Waals surface area contributed by atoms with Gasteiger partial charge in [-0.15, -0.1) is 0 Å². The van der Waals surface area contributed by atoms with E-state index in [1.54, 1.807) is 43.2 Å². The van der Waals surface area contributed by atoms with Crippen LogP contribution < -0.4 is 10.1 Å². The quantitative estimate of drug-likeness (QED) is 0.499. The van der Waals surface area contributed by atoms with Crippen LogP contribution in [0.1, 0.15) is 51.2 Å². The molecule has 174 valence electrons. The predicted octanol–water partition coefficient (Wildman–Crippen LogP) is 4.60. The summed E-state index contributed by atoms with van der Waals surface area (Å²) in [5, 5.41) is 2.87. The third kappa shape index (κ3) is 4.93. The summed E-state index contributed by atoms with van der Waals surface area (Å²) in [6.45, 7) is 2.48. The van der Waals surface area contributed by atoms with Gasteiger partial charge in [-0.1, -0.05) is 30.3 Å². The number of ether oxygens (including phenoxy) is 2. The van der Waals surface area contributed by atoms with Crippen molar-refractivity contribution in [3.63, 3.8) is 0 Å². The molecule has 0 spiro atoms. The molecule has 1 atom stereocenters. The normalized spacial score (nSPS) is 13.2. The predicted molar refractivity (Wildman–Crippen MR) is 128 cm³/mol. The zero-order valence-corrected chi connectivity index (χ0v) is 19.1. The first-order valence-electron chi connectivity index (χ1n) is 11.1.